The van der Waals surface area contributed by atoms with Crippen molar-refractivity contribution in [3.05, 3.63) is 18.0 Å². The van der Waals surface area contributed by atoms with Crippen molar-refractivity contribution in [2.24, 2.45) is 5.73 Å². The number of nitrogens with zero attached hydrogens (tertiary/aromatic N) is 4. The predicted molar refractivity (Wildman–Crippen MR) is 100 cm³/mol. The smallest absolute Gasteiger partial charge is 0.252 e. The largest absolute Gasteiger partial charge is 0.389 e. The second-order valence-corrected chi connectivity index (χ2v) is 8.08. The number of carbonyl (C=O) groups is 1. The van der Waals surface area contributed by atoms with Gasteiger partial charge in [-0.05, 0) is 37.7 Å². The summed E-state index contributed by atoms with van der Waals surface area (Å²) in [6.45, 7) is 4.01. The Hall–Kier alpha value is -1.77. The van der Waals surface area contributed by atoms with E-state index in [4.69, 9.17) is 10.5 Å². The molecular formula is C19H29N5O3. The number of rotatable bonds is 6. The number of ether oxygens (including phenoxy) is 1. The molecule has 1 aromatic heterocycles. The van der Waals surface area contributed by atoms with Gasteiger partial charge in [0.15, 0.2) is 0 Å². The van der Waals surface area contributed by atoms with Gasteiger partial charge < -0.3 is 25.4 Å². The van der Waals surface area contributed by atoms with Gasteiger partial charge >= 0.3 is 0 Å². The highest BCUT2D eigenvalue weighted by Crippen LogP contribution is 2.39. The molecule has 8 heteroatoms. The van der Waals surface area contributed by atoms with Crippen LogP contribution in [-0.4, -0.2) is 76.4 Å². The molecule has 2 aliphatic heterocycles. The summed E-state index contributed by atoms with van der Waals surface area (Å²) in [4.78, 5) is 25.4. The van der Waals surface area contributed by atoms with E-state index in [1.807, 2.05) is 24.2 Å². The molecule has 0 unspecified atom stereocenters. The lowest BCUT2D eigenvalue weighted by Crippen LogP contribution is -2.55. The number of anilines is 1. The molecule has 1 aromatic rings. The van der Waals surface area contributed by atoms with Crippen molar-refractivity contribution in [3.8, 4) is 0 Å². The molecule has 1 saturated carbocycles. The standard InChI is InChI=1S/C19H29N5O3/c1-12(20)11-27-17-5-7-24(18(17)26)15-4-6-23(10-16(15)25)19-21-8-14(9-22-19)13-2-3-13/h8-9,12-13,15-17,25H,2-7,10-11,20H2,1H3/t12-,15+,16+,17+/m0/s1. The number of hydrogen-bond acceptors (Lipinski definition) is 7. The number of nitrogens with two attached hydrogens (primary N) is 1. The third-order valence-electron chi connectivity index (χ3n) is 5.69. The molecule has 2 saturated heterocycles. The summed E-state index contributed by atoms with van der Waals surface area (Å²) in [6.07, 6.45) is 6.56. The zero-order valence-corrected chi connectivity index (χ0v) is 15.8. The van der Waals surface area contributed by atoms with Crippen LogP contribution in [0.5, 0.6) is 0 Å². The van der Waals surface area contributed by atoms with Crippen molar-refractivity contribution in [1.82, 2.24) is 14.9 Å². The predicted octanol–water partition coefficient (Wildman–Crippen LogP) is 0.258. The van der Waals surface area contributed by atoms with Gasteiger partial charge in [0.25, 0.3) is 5.91 Å². The fourth-order valence-electron chi connectivity index (χ4n) is 4.01. The molecule has 0 aromatic carbocycles. The number of hydrogen-bond donors (Lipinski definition) is 2. The van der Waals surface area contributed by atoms with Crippen LogP contribution in [0.1, 0.15) is 44.1 Å². The molecule has 4 atom stereocenters. The van der Waals surface area contributed by atoms with Gasteiger partial charge in [-0.1, -0.05) is 0 Å². The molecule has 3 heterocycles. The number of amides is 1. The Labute approximate surface area is 159 Å². The van der Waals surface area contributed by atoms with Gasteiger partial charge in [0, 0.05) is 44.5 Å². The normalized spacial score (nSPS) is 30.0. The highest BCUT2D eigenvalue weighted by molar-refractivity contribution is 5.83. The Morgan fingerprint density at radius 2 is 2.00 bits per heavy atom. The Balaban J connectivity index is 1.34. The van der Waals surface area contributed by atoms with Gasteiger partial charge in [-0.3, -0.25) is 4.79 Å². The Bertz CT molecular complexity index is 664. The minimum absolute atomic E-state index is 0.0295. The summed E-state index contributed by atoms with van der Waals surface area (Å²) in [5.74, 6) is 1.26. The molecule has 0 bridgehead atoms. The first-order valence-electron chi connectivity index (χ1n) is 9.95. The molecule has 0 radical (unpaired) electrons. The van der Waals surface area contributed by atoms with E-state index in [0.717, 1.165) is 6.54 Å². The van der Waals surface area contributed by atoms with Crippen LogP contribution in [0.2, 0.25) is 0 Å². The third kappa shape index (κ3) is 4.07. The summed E-state index contributed by atoms with van der Waals surface area (Å²) < 4.78 is 5.63. The van der Waals surface area contributed by atoms with Crippen LogP contribution in [0.4, 0.5) is 5.95 Å². The van der Waals surface area contributed by atoms with Gasteiger partial charge in [0.05, 0.1) is 18.8 Å². The molecule has 148 valence electrons. The molecule has 1 amide bonds. The summed E-state index contributed by atoms with van der Waals surface area (Å²) in [5, 5.41) is 10.7. The average molecular weight is 375 g/mol. The molecule has 0 spiro atoms. The van der Waals surface area contributed by atoms with Crippen LogP contribution in [0.3, 0.4) is 0 Å². The molecule has 3 fully saturated rings. The third-order valence-corrected chi connectivity index (χ3v) is 5.69. The quantitative estimate of drug-likeness (QED) is 0.735. The van der Waals surface area contributed by atoms with Crippen molar-refractivity contribution in [2.45, 2.75) is 62.8 Å². The minimum Gasteiger partial charge on any atom is -0.389 e. The molecule has 4 rings (SSSR count). The fraction of sp³-hybridized carbons (Fsp3) is 0.737. The van der Waals surface area contributed by atoms with E-state index in [2.05, 4.69) is 9.97 Å². The van der Waals surface area contributed by atoms with E-state index in [-0.39, 0.29) is 18.0 Å². The summed E-state index contributed by atoms with van der Waals surface area (Å²) in [6, 6.07) is -0.268. The van der Waals surface area contributed by atoms with Crippen molar-refractivity contribution >= 4 is 11.9 Å². The minimum atomic E-state index is -0.624. The zero-order valence-electron chi connectivity index (χ0n) is 15.8. The topological polar surface area (TPSA) is 105 Å². The van der Waals surface area contributed by atoms with Crippen molar-refractivity contribution in [3.63, 3.8) is 0 Å². The van der Waals surface area contributed by atoms with Crippen molar-refractivity contribution < 1.29 is 14.6 Å². The van der Waals surface area contributed by atoms with Crippen LogP contribution in [0, 0.1) is 0 Å². The Morgan fingerprint density at radius 1 is 1.26 bits per heavy atom. The van der Waals surface area contributed by atoms with E-state index >= 15 is 0 Å². The van der Waals surface area contributed by atoms with Gasteiger partial charge in [0.2, 0.25) is 5.95 Å². The fourth-order valence-corrected chi connectivity index (χ4v) is 4.01. The monoisotopic (exact) mass is 375 g/mol. The van der Waals surface area contributed by atoms with E-state index in [1.54, 1.807) is 4.90 Å². The number of aromatic nitrogens is 2. The van der Waals surface area contributed by atoms with Crippen molar-refractivity contribution in [2.75, 3.05) is 31.1 Å². The first kappa shape index (κ1) is 18.6. The molecule has 1 aliphatic carbocycles. The van der Waals surface area contributed by atoms with Crippen LogP contribution in [-0.2, 0) is 9.53 Å². The summed E-state index contributed by atoms with van der Waals surface area (Å²) in [7, 11) is 0. The zero-order chi connectivity index (χ0) is 19.0. The number of aliphatic hydroxyl groups excluding tert-OH is 1. The summed E-state index contributed by atoms with van der Waals surface area (Å²) in [5.41, 5.74) is 6.91. The number of likely N-dealkylation sites (tertiary alicyclic amines) is 1. The first-order chi connectivity index (χ1) is 13.0. The highest BCUT2D eigenvalue weighted by atomic mass is 16.5. The lowest BCUT2D eigenvalue weighted by molar-refractivity contribution is -0.141. The van der Waals surface area contributed by atoms with Crippen LogP contribution in [0.15, 0.2) is 12.4 Å². The molecule has 27 heavy (non-hydrogen) atoms. The number of carbonyl (C=O) groups excluding carboxylic acids is 1. The summed E-state index contributed by atoms with van der Waals surface area (Å²) >= 11 is 0. The van der Waals surface area contributed by atoms with Gasteiger partial charge in [0.1, 0.15) is 6.10 Å². The van der Waals surface area contributed by atoms with Gasteiger partial charge in [-0.2, -0.15) is 0 Å². The molecule has 3 N–H and O–H groups in total. The molecule has 3 aliphatic rings. The van der Waals surface area contributed by atoms with Crippen LogP contribution in [0.25, 0.3) is 0 Å². The number of piperidine rings is 1. The highest BCUT2D eigenvalue weighted by Gasteiger charge is 2.41. The molecular weight excluding hydrogens is 346 g/mol. The first-order valence-corrected chi connectivity index (χ1v) is 9.95. The van der Waals surface area contributed by atoms with Gasteiger partial charge in [-0.25, -0.2) is 9.97 Å². The lowest BCUT2D eigenvalue weighted by Gasteiger charge is -2.40. The maximum atomic E-state index is 12.6. The maximum Gasteiger partial charge on any atom is 0.252 e. The Kier molecular flexibility index (Phi) is 5.29. The molecule has 8 nitrogen and oxygen atoms in total. The number of aliphatic hydroxyl groups is 1. The van der Waals surface area contributed by atoms with E-state index in [9.17, 15) is 9.90 Å². The second-order valence-electron chi connectivity index (χ2n) is 8.08. The van der Waals surface area contributed by atoms with Crippen LogP contribution < -0.4 is 10.6 Å². The van der Waals surface area contributed by atoms with Crippen molar-refractivity contribution in [1.29, 1.82) is 0 Å². The lowest BCUT2D eigenvalue weighted by atomic mass is 10.0. The van der Waals surface area contributed by atoms with Gasteiger partial charge in [-0.15, -0.1) is 0 Å². The van der Waals surface area contributed by atoms with E-state index in [0.29, 0.717) is 44.4 Å². The SMILES string of the molecule is C[C@H](N)CO[C@@H]1CCN([C@@H]2CCN(c3ncc(C4CC4)cn3)C[C@H]2O)C1=O. The Morgan fingerprint density at radius 3 is 2.63 bits per heavy atom. The van der Waals surface area contributed by atoms with Crippen LogP contribution >= 0.6 is 0 Å². The van der Waals surface area contributed by atoms with E-state index in [1.165, 1.54) is 18.4 Å². The second kappa shape index (κ2) is 7.69. The average Bonchev–Trinajstić information content (AvgIpc) is 3.44. The number of β-amino-alcohol motifs (C(OH)–C–C–N with tert-alkyl or cyclic N) is 1. The van der Waals surface area contributed by atoms with E-state index < -0.39 is 12.2 Å². The maximum absolute atomic E-state index is 12.6.